The van der Waals surface area contributed by atoms with Gasteiger partial charge in [0.15, 0.2) is 0 Å². The number of amides is 1. The molecule has 1 fully saturated rings. The second-order valence-corrected chi connectivity index (χ2v) is 5.03. The predicted molar refractivity (Wildman–Crippen MR) is 76.8 cm³/mol. The largest absolute Gasteiger partial charge is 0.338 e. The highest BCUT2D eigenvalue weighted by atomic mass is 16.2. The number of anilines is 1. The van der Waals surface area contributed by atoms with Crippen LogP contribution >= 0.6 is 0 Å². The van der Waals surface area contributed by atoms with Crippen LogP contribution in [-0.2, 0) is 4.79 Å². The molecule has 1 unspecified atom stereocenters. The molecule has 7 nitrogen and oxygen atoms in total. The van der Waals surface area contributed by atoms with Crippen LogP contribution < -0.4 is 16.2 Å². The average molecular weight is 278 g/mol. The van der Waals surface area contributed by atoms with Crippen molar-refractivity contribution >= 4 is 11.9 Å². The first-order valence-electron chi connectivity index (χ1n) is 6.96. The van der Waals surface area contributed by atoms with Crippen molar-refractivity contribution in [2.75, 3.05) is 31.1 Å². The van der Waals surface area contributed by atoms with E-state index in [1.165, 1.54) is 0 Å². The van der Waals surface area contributed by atoms with Crippen molar-refractivity contribution < 1.29 is 4.79 Å². The van der Waals surface area contributed by atoms with Crippen LogP contribution in [0.1, 0.15) is 19.8 Å². The third-order valence-electron chi connectivity index (χ3n) is 3.72. The van der Waals surface area contributed by atoms with Gasteiger partial charge in [-0.15, -0.1) is 0 Å². The Morgan fingerprint density at radius 3 is 2.60 bits per heavy atom. The van der Waals surface area contributed by atoms with Crippen LogP contribution in [0.15, 0.2) is 18.5 Å². The topological polar surface area (TPSA) is 87.4 Å². The van der Waals surface area contributed by atoms with Gasteiger partial charge in [-0.25, -0.2) is 15.8 Å². The SMILES string of the molecule is CC(CCC(=O)NN)N1CCN(c2ncccn2)CC1. The minimum Gasteiger partial charge on any atom is -0.338 e. The lowest BCUT2D eigenvalue weighted by Crippen LogP contribution is -2.50. The molecule has 7 heteroatoms. The molecule has 2 heterocycles. The van der Waals surface area contributed by atoms with Gasteiger partial charge in [0.25, 0.3) is 0 Å². The molecule has 1 aromatic heterocycles. The number of carbonyl (C=O) groups excluding carboxylic acids is 1. The van der Waals surface area contributed by atoms with Gasteiger partial charge in [-0.05, 0) is 19.4 Å². The first kappa shape index (κ1) is 14.7. The van der Waals surface area contributed by atoms with Crippen LogP contribution in [-0.4, -0.2) is 53.0 Å². The molecule has 0 aliphatic carbocycles. The molecule has 110 valence electrons. The van der Waals surface area contributed by atoms with E-state index < -0.39 is 0 Å². The zero-order valence-electron chi connectivity index (χ0n) is 11.8. The molecule has 2 rings (SSSR count). The van der Waals surface area contributed by atoms with Gasteiger partial charge in [0.2, 0.25) is 11.9 Å². The van der Waals surface area contributed by atoms with Gasteiger partial charge in [0.05, 0.1) is 0 Å². The first-order valence-corrected chi connectivity index (χ1v) is 6.96. The van der Waals surface area contributed by atoms with Gasteiger partial charge in [-0.2, -0.15) is 0 Å². The van der Waals surface area contributed by atoms with Gasteiger partial charge in [0.1, 0.15) is 0 Å². The van der Waals surface area contributed by atoms with E-state index in [0.717, 1.165) is 38.5 Å². The fourth-order valence-corrected chi connectivity index (χ4v) is 2.41. The Morgan fingerprint density at radius 1 is 1.35 bits per heavy atom. The Balaban J connectivity index is 1.77. The van der Waals surface area contributed by atoms with Crippen molar-refractivity contribution in [3.63, 3.8) is 0 Å². The predicted octanol–water partition coefficient (Wildman–Crippen LogP) is -0.243. The first-order chi connectivity index (χ1) is 9.70. The number of nitrogens with one attached hydrogen (secondary N) is 1. The monoisotopic (exact) mass is 278 g/mol. The number of piperazine rings is 1. The molecule has 1 aromatic rings. The molecule has 1 saturated heterocycles. The molecule has 1 aliphatic rings. The zero-order valence-corrected chi connectivity index (χ0v) is 11.8. The van der Waals surface area contributed by atoms with Gasteiger partial charge >= 0.3 is 0 Å². The molecule has 1 amide bonds. The number of carbonyl (C=O) groups is 1. The van der Waals surface area contributed by atoms with E-state index in [9.17, 15) is 4.79 Å². The second kappa shape index (κ2) is 7.16. The molecule has 0 saturated carbocycles. The van der Waals surface area contributed by atoms with Crippen LogP contribution in [0.3, 0.4) is 0 Å². The Bertz CT molecular complexity index is 418. The molecular formula is C13H22N6O. The normalized spacial score (nSPS) is 17.8. The molecule has 0 spiro atoms. The summed E-state index contributed by atoms with van der Waals surface area (Å²) in [6, 6.07) is 2.20. The summed E-state index contributed by atoms with van der Waals surface area (Å²) in [5.41, 5.74) is 2.17. The molecular weight excluding hydrogens is 256 g/mol. The van der Waals surface area contributed by atoms with E-state index in [2.05, 4.69) is 32.1 Å². The van der Waals surface area contributed by atoms with E-state index in [1.54, 1.807) is 12.4 Å². The van der Waals surface area contributed by atoms with E-state index >= 15 is 0 Å². The fourth-order valence-electron chi connectivity index (χ4n) is 2.41. The number of hydrogen-bond donors (Lipinski definition) is 2. The molecule has 20 heavy (non-hydrogen) atoms. The summed E-state index contributed by atoms with van der Waals surface area (Å²) in [6.45, 7) is 5.90. The average Bonchev–Trinajstić information content (AvgIpc) is 2.53. The van der Waals surface area contributed by atoms with Crippen LogP contribution in [0.4, 0.5) is 5.95 Å². The van der Waals surface area contributed by atoms with Crippen molar-refractivity contribution in [2.24, 2.45) is 5.84 Å². The fraction of sp³-hybridized carbons (Fsp3) is 0.615. The highest BCUT2D eigenvalue weighted by molar-refractivity contribution is 5.75. The summed E-state index contributed by atoms with van der Waals surface area (Å²) >= 11 is 0. The van der Waals surface area contributed by atoms with Gasteiger partial charge in [0, 0.05) is 51.0 Å². The molecule has 0 radical (unpaired) electrons. The number of hydrogen-bond acceptors (Lipinski definition) is 6. The Morgan fingerprint density at radius 2 is 2.00 bits per heavy atom. The summed E-state index contributed by atoms with van der Waals surface area (Å²) < 4.78 is 0. The summed E-state index contributed by atoms with van der Waals surface area (Å²) in [6.07, 6.45) is 4.83. The Labute approximate surface area is 119 Å². The van der Waals surface area contributed by atoms with Gasteiger partial charge in [-0.3, -0.25) is 15.1 Å². The highest BCUT2D eigenvalue weighted by Crippen LogP contribution is 2.13. The van der Waals surface area contributed by atoms with Crippen LogP contribution in [0.5, 0.6) is 0 Å². The maximum Gasteiger partial charge on any atom is 0.233 e. The molecule has 1 aliphatic heterocycles. The smallest absolute Gasteiger partial charge is 0.233 e. The van der Waals surface area contributed by atoms with Gasteiger partial charge in [-0.1, -0.05) is 0 Å². The summed E-state index contributed by atoms with van der Waals surface area (Å²) in [7, 11) is 0. The van der Waals surface area contributed by atoms with Crippen molar-refractivity contribution in [3.05, 3.63) is 18.5 Å². The minimum atomic E-state index is -0.104. The van der Waals surface area contributed by atoms with E-state index in [-0.39, 0.29) is 5.91 Å². The molecule has 3 N–H and O–H groups in total. The van der Waals surface area contributed by atoms with Crippen molar-refractivity contribution in [2.45, 2.75) is 25.8 Å². The maximum atomic E-state index is 11.2. The van der Waals surface area contributed by atoms with Crippen molar-refractivity contribution in [3.8, 4) is 0 Å². The molecule has 1 atom stereocenters. The second-order valence-electron chi connectivity index (χ2n) is 5.03. The van der Waals surface area contributed by atoms with E-state index in [1.807, 2.05) is 6.07 Å². The van der Waals surface area contributed by atoms with E-state index in [0.29, 0.717) is 12.5 Å². The standard InChI is InChI=1S/C13H22N6O/c1-11(3-4-12(20)17-14)18-7-9-19(10-8-18)13-15-5-2-6-16-13/h2,5-6,11H,3-4,7-10,14H2,1H3,(H,17,20). The molecule has 0 aromatic carbocycles. The lowest BCUT2D eigenvalue weighted by Gasteiger charge is -2.38. The van der Waals surface area contributed by atoms with Crippen LogP contribution in [0.2, 0.25) is 0 Å². The van der Waals surface area contributed by atoms with Crippen LogP contribution in [0.25, 0.3) is 0 Å². The highest BCUT2D eigenvalue weighted by Gasteiger charge is 2.22. The van der Waals surface area contributed by atoms with E-state index in [4.69, 9.17) is 5.84 Å². The van der Waals surface area contributed by atoms with Crippen molar-refractivity contribution in [1.29, 1.82) is 0 Å². The third-order valence-corrected chi connectivity index (χ3v) is 3.72. The number of nitrogens with zero attached hydrogens (tertiary/aromatic N) is 4. The Hall–Kier alpha value is -1.73. The Kier molecular flexibility index (Phi) is 5.25. The lowest BCUT2D eigenvalue weighted by molar-refractivity contribution is -0.121. The minimum absolute atomic E-state index is 0.104. The maximum absolute atomic E-state index is 11.2. The third kappa shape index (κ3) is 3.88. The number of hydrazine groups is 1. The number of nitrogens with two attached hydrogens (primary N) is 1. The number of aromatic nitrogens is 2. The molecule has 0 bridgehead atoms. The van der Waals surface area contributed by atoms with Gasteiger partial charge < -0.3 is 4.90 Å². The number of rotatable bonds is 5. The van der Waals surface area contributed by atoms with Crippen molar-refractivity contribution in [1.82, 2.24) is 20.3 Å². The summed E-state index contributed by atoms with van der Waals surface area (Å²) in [5, 5.41) is 0. The quantitative estimate of drug-likeness (QED) is 0.439. The van der Waals surface area contributed by atoms with Crippen LogP contribution in [0, 0.1) is 0 Å². The summed E-state index contributed by atoms with van der Waals surface area (Å²) in [4.78, 5) is 24.3. The zero-order chi connectivity index (χ0) is 14.4. The summed E-state index contributed by atoms with van der Waals surface area (Å²) in [5.74, 6) is 5.78. The lowest BCUT2D eigenvalue weighted by atomic mass is 10.1.